The van der Waals surface area contributed by atoms with E-state index < -0.39 is 5.41 Å². The number of nitrogens with zero attached hydrogens (tertiary/aromatic N) is 1. The molecule has 9 aromatic carbocycles. The minimum Gasteiger partial charge on any atom is -0.456 e. The van der Waals surface area contributed by atoms with Crippen LogP contribution in [-0.4, -0.2) is 0 Å². The number of para-hydroxylation sites is 2. The Labute approximate surface area is 345 Å². The minimum atomic E-state index is -0.541. The minimum absolute atomic E-state index is 0.541. The number of anilines is 3. The fourth-order valence-electron chi connectivity index (χ4n) is 10.2. The Balaban J connectivity index is 1.06. The highest BCUT2D eigenvalue weighted by Crippen LogP contribution is 2.64. The van der Waals surface area contributed by atoms with Crippen LogP contribution in [0.1, 0.15) is 39.8 Å². The molecule has 1 spiro atoms. The second-order valence-corrected chi connectivity index (χ2v) is 15.9. The third-order valence-corrected chi connectivity index (χ3v) is 12.8. The van der Waals surface area contributed by atoms with E-state index >= 15 is 0 Å². The fraction of sp³-hybridized carbons (Fsp3) is 0.0526. The first-order chi connectivity index (χ1) is 29.3. The van der Waals surface area contributed by atoms with Gasteiger partial charge in [0, 0.05) is 39.0 Å². The normalized spacial score (nSPS) is 15.5. The molecule has 3 aliphatic rings. The molecule has 1 heterocycles. The first kappa shape index (κ1) is 33.7. The summed E-state index contributed by atoms with van der Waals surface area (Å²) in [5.74, 6) is 1.99. The van der Waals surface area contributed by atoms with Crippen LogP contribution in [0.3, 0.4) is 0 Å². The van der Waals surface area contributed by atoms with Crippen LogP contribution in [0.2, 0.25) is 0 Å². The molecule has 0 saturated heterocycles. The predicted octanol–water partition coefficient (Wildman–Crippen LogP) is 15.1. The molecule has 1 atom stereocenters. The van der Waals surface area contributed by atoms with Gasteiger partial charge in [0.1, 0.15) is 11.5 Å². The van der Waals surface area contributed by atoms with E-state index in [0.717, 1.165) is 46.8 Å². The highest BCUT2D eigenvalue weighted by Gasteiger charge is 2.52. The summed E-state index contributed by atoms with van der Waals surface area (Å²) in [6.07, 6.45) is 6.53. The van der Waals surface area contributed by atoms with Crippen LogP contribution in [0.5, 0.6) is 11.5 Å². The third-order valence-electron chi connectivity index (χ3n) is 12.8. The summed E-state index contributed by atoms with van der Waals surface area (Å²) >= 11 is 0. The second-order valence-electron chi connectivity index (χ2n) is 15.9. The smallest absolute Gasteiger partial charge is 0.140 e. The van der Waals surface area contributed by atoms with Gasteiger partial charge in [-0.25, -0.2) is 0 Å². The van der Waals surface area contributed by atoms with Crippen LogP contribution in [-0.2, 0) is 11.8 Å². The predicted molar refractivity (Wildman–Crippen MR) is 244 cm³/mol. The Bertz CT molecular complexity index is 3140. The van der Waals surface area contributed by atoms with Crippen LogP contribution in [0.4, 0.5) is 17.1 Å². The highest BCUT2D eigenvalue weighted by molar-refractivity contribution is 5.97. The number of ether oxygens (including phenoxy) is 1. The summed E-state index contributed by atoms with van der Waals surface area (Å²) in [5, 5.41) is 2.34. The molecule has 278 valence electrons. The molecule has 0 saturated carbocycles. The van der Waals surface area contributed by atoms with Crippen molar-refractivity contribution in [3.63, 3.8) is 0 Å². The van der Waals surface area contributed by atoms with Crippen molar-refractivity contribution >= 4 is 33.9 Å². The first-order valence-corrected chi connectivity index (χ1v) is 20.6. The molecule has 59 heavy (non-hydrogen) atoms. The Kier molecular flexibility index (Phi) is 7.61. The zero-order valence-corrected chi connectivity index (χ0v) is 32.5. The molecule has 2 aliphatic carbocycles. The van der Waals surface area contributed by atoms with Crippen LogP contribution >= 0.6 is 0 Å². The molecule has 0 fully saturated rings. The van der Waals surface area contributed by atoms with E-state index in [4.69, 9.17) is 4.74 Å². The number of benzene rings is 9. The lowest BCUT2D eigenvalue weighted by atomic mass is 9.65. The van der Waals surface area contributed by atoms with E-state index in [-0.39, 0.29) is 0 Å². The molecule has 0 N–H and O–H groups in total. The van der Waals surface area contributed by atoms with Crippen molar-refractivity contribution in [2.24, 2.45) is 0 Å². The van der Waals surface area contributed by atoms with Gasteiger partial charge >= 0.3 is 0 Å². The Morgan fingerprint density at radius 3 is 2.00 bits per heavy atom. The molecule has 0 bridgehead atoms. The molecule has 0 amide bonds. The number of fused-ring (bicyclic) bond motifs is 13. The molecule has 1 unspecified atom stereocenters. The summed E-state index contributed by atoms with van der Waals surface area (Å²) in [5.41, 5.74) is 17.7. The number of allylic oxidation sites excluding steroid dienone is 1. The summed E-state index contributed by atoms with van der Waals surface area (Å²) in [6.45, 7) is 0. The fourth-order valence-corrected chi connectivity index (χ4v) is 10.2. The van der Waals surface area contributed by atoms with Gasteiger partial charge in [0.15, 0.2) is 0 Å². The van der Waals surface area contributed by atoms with Crippen molar-refractivity contribution in [3.05, 3.63) is 240 Å². The molecule has 0 aromatic heterocycles. The van der Waals surface area contributed by atoms with Crippen molar-refractivity contribution in [3.8, 4) is 44.9 Å². The average molecular weight is 754 g/mol. The number of rotatable bonds is 5. The Morgan fingerprint density at radius 1 is 0.441 bits per heavy atom. The molecule has 1 aliphatic heterocycles. The van der Waals surface area contributed by atoms with Gasteiger partial charge in [0.2, 0.25) is 0 Å². The molecular formula is C57H39NO. The quantitative estimate of drug-likeness (QED) is 0.174. The lowest BCUT2D eigenvalue weighted by Gasteiger charge is -2.41. The van der Waals surface area contributed by atoms with E-state index in [0.29, 0.717) is 0 Å². The maximum Gasteiger partial charge on any atom is 0.140 e. The van der Waals surface area contributed by atoms with Crippen molar-refractivity contribution in [2.45, 2.75) is 18.3 Å². The average Bonchev–Trinajstić information content (AvgIpc) is 3.60. The van der Waals surface area contributed by atoms with Gasteiger partial charge < -0.3 is 9.64 Å². The van der Waals surface area contributed by atoms with E-state index in [2.05, 4.69) is 217 Å². The van der Waals surface area contributed by atoms with Gasteiger partial charge in [-0.2, -0.15) is 0 Å². The zero-order chi connectivity index (χ0) is 38.9. The molecular weight excluding hydrogens is 715 g/mol. The zero-order valence-electron chi connectivity index (χ0n) is 32.5. The van der Waals surface area contributed by atoms with Gasteiger partial charge in [0.05, 0.1) is 11.1 Å². The van der Waals surface area contributed by atoms with Gasteiger partial charge in [-0.1, -0.05) is 176 Å². The summed E-state index contributed by atoms with van der Waals surface area (Å²) in [7, 11) is 0. The monoisotopic (exact) mass is 753 g/mol. The Morgan fingerprint density at radius 2 is 1.10 bits per heavy atom. The van der Waals surface area contributed by atoms with E-state index in [1.54, 1.807) is 0 Å². The molecule has 2 nitrogen and oxygen atoms in total. The van der Waals surface area contributed by atoms with E-state index in [9.17, 15) is 0 Å². The molecule has 0 radical (unpaired) electrons. The maximum absolute atomic E-state index is 7.21. The van der Waals surface area contributed by atoms with Crippen LogP contribution in [0.25, 0.3) is 50.2 Å². The molecule has 2 heteroatoms. The lowest BCUT2D eigenvalue weighted by Crippen LogP contribution is -2.33. The van der Waals surface area contributed by atoms with Crippen LogP contribution in [0.15, 0.2) is 206 Å². The lowest BCUT2D eigenvalue weighted by molar-refractivity contribution is 0.435. The van der Waals surface area contributed by atoms with E-state index in [1.165, 1.54) is 72.1 Å². The summed E-state index contributed by atoms with van der Waals surface area (Å²) in [6, 6.07) is 73.3. The SMILES string of the molecule is C1=Cc2ccc3c(c2CC1)Oc1c(ccc2ccccc12)C31c2ccccc2-c2cc(-c3cccc(N(c4ccccc4)c4ccccc4-c4ccccc4)c3)ccc21. The van der Waals surface area contributed by atoms with Crippen molar-refractivity contribution in [2.75, 3.05) is 4.90 Å². The van der Waals surface area contributed by atoms with Gasteiger partial charge in [-0.05, 0) is 99.1 Å². The topological polar surface area (TPSA) is 12.5 Å². The third kappa shape index (κ3) is 5.06. The van der Waals surface area contributed by atoms with Crippen LogP contribution < -0.4 is 9.64 Å². The number of hydrogen-bond acceptors (Lipinski definition) is 2. The van der Waals surface area contributed by atoms with E-state index in [1.807, 2.05) is 0 Å². The van der Waals surface area contributed by atoms with Gasteiger partial charge in [-0.15, -0.1) is 0 Å². The van der Waals surface area contributed by atoms with Crippen molar-refractivity contribution in [1.29, 1.82) is 0 Å². The number of hydrogen-bond donors (Lipinski definition) is 0. The summed E-state index contributed by atoms with van der Waals surface area (Å²) in [4.78, 5) is 2.39. The largest absolute Gasteiger partial charge is 0.456 e. The van der Waals surface area contributed by atoms with Gasteiger partial charge in [0.25, 0.3) is 0 Å². The van der Waals surface area contributed by atoms with Crippen molar-refractivity contribution < 1.29 is 4.74 Å². The highest BCUT2D eigenvalue weighted by atomic mass is 16.5. The first-order valence-electron chi connectivity index (χ1n) is 20.6. The second kappa shape index (κ2) is 13.3. The molecule has 9 aromatic rings. The maximum atomic E-state index is 7.21. The Hall–Kier alpha value is -7.42. The summed E-state index contributed by atoms with van der Waals surface area (Å²) < 4.78 is 7.21. The molecule has 12 rings (SSSR count). The van der Waals surface area contributed by atoms with Crippen LogP contribution in [0, 0.1) is 0 Å². The standard InChI is InChI=1S/C57H39NO/c1-3-16-38(17-4-1)45-24-12-14-29-54(45)58(43-21-5-2-6-22-43)44-23-15-20-41(36-44)42-32-33-51-49(37-42)48-27-11-13-28-50(48)57(51)52-34-30-39-18-7-9-25-46(39)55(52)59-56-47-26-10-8-19-40(47)31-35-53(56)57/h1-9,11-25,27-37H,10,26H2. The van der Waals surface area contributed by atoms with Crippen molar-refractivity contribution in [1.82, 2.24) is 0 Å². The van der Waals surface area contributed by atoms with Gasteiger partial charge in [-0.3, -0.25) is 0 Å².